The minimum atomic E-state index is -0.0685. The molecule has 1 aliphatic heterocycles. The van der Waals surface area contributed by atoms with E-state index in [-0.39, 0.29) is 17.2 Å². The van der Waals surface area contributed by atoms with Gasteiger partial charge >= 0.3 is 0 Å². The zero-order valence-electron chi connectivity index (χ0n) is 16.1. The number of anilines is 1. The molecule has 2 aromatic rings. The molecule has 4 nitrogen and oxygen atoms in total. The summed E-state index contributed by atoms with van der Waals surface area (Å²) >= 11 is 0. The molecule has 2 aromatic carbocycles. The van der Waals surface area contributed by atoms with Crippen molar-refractivity contribution in [3.8, 4) is 0 Å². The van der Waals surface area contributed by atoms with Gasteiger partial charge in [-0.05, 0) is 48.6 Å². The highest BCUT2D eigenvalue weighted by Crippen LogP contribution is 2.43. The van der Waals surface area contributed by atoms with Crippen molar-refractivity contribution in [2.45, 2.75) is 37.5 Å². The molecule has 1 saturated heterocycles. The first-order valence-corrected chi connectivity index (χ1v) is 10.1. The fraction of sp³-hybridized carbons (Fsp3) is 0.333. The standard InChI is InChI=1S/C24H26N2O2/c27-22(25-18-24(15-5-16-24)20-6-2-1-3-7-20)14-11-19-9-12-21(13-10-19)26-17-4-8-23(26)28/h1-3,6-7,9-14H,4-5,8,15-18H2,(H,25,27)/b14-11+. The topological polar surface area (TPSA) is 49.4 Å². The van der Waals surface area contributed by atoms with E-state index >= 15 is 0 Å². The number of nitrogens with one attached hydrogen (secondary N) is 1. The lowest BCUT2D eigenvalue weighted by Crippen LogP contribution is -2.45. The van der Waals surface area contributed by atoms with Gasteiger partial charge in [-0.3, -0.25) is 9.59 Å². The van der Waals surface area contributed by atoms with Gasteiger partial charge in [0.2, 0.25) is 11.8 Å². The lowest BCUT2D eigenvalue weighted by molar-refractivity contribution is -0.117. The van der Waals surface area contributed by atoms with E-state index in [2.05, 4.69) is 29.6 Å². The third kappa shape index (κ3) is 3.86. The van der Waals surface area contributed by atoms with Crippen LogP contribution in [0.5, 0.6) is 0 Å². The summed E-state index contributed by atoms with van der Waals surface area (Å²) in [6.07, 6.45) is 8.42. The van der Waals surface area contributed by atoms with Gasteiger partial charge in [0.25, 0.3) is 0 Å². The quantitative estimate of drug-likeness (QED) is 0.775. The Bertz CT molecular complexity index is 867. The van der Waals surface area contributed by atoms with Crippen molar-refractivity contribution >= 4 is 23.6 Å². The second-order valence-corrected chi connectivity index (χ2v) is 7.79. The first kappa shape index (κ1) is 18.5. The van der Waals surface area contributed by atoms with Crippen molar-refractivity contribution in [3.63, 3.8) is 0 Å². The summed E-state index contributed by atoms with van der Waals surface area (Å²) in [6, 6.07) is 18.3. The number of carbonyl (C=O) groups is 2. The minimum absolute atomic E-state index is 0.0685. The summed E-state index contributed by atoms with van der Waals surface area (Å²) in [5.74, 6) is 0.118. The number of benzene rings is 2. The molecule has 4 heteroatoms. The van der Waals surface area contributed by atoms with E-state index in [1.165, 1.54) is 12.0 Å². The average molecular weight is 374 g/mol. The molecule has 1 N–H and O–H groups in total. The third-order valence-electron chi connectivity index (χ3n) is 6.00. The Morgan fingerprint density at radius 1 is 1.04 bits per heavy atom. The Hall–Kier alpha value is -2.88. The first-order chi connectivity index (χ1) is 13.7. The fourth-order valence-corrected chi connectivity index (χ4v) is 4.14. The van der Waals surface area contributed by atoms with Gasteiger partial charge in [-0.25, -0.2) is 0 Å². The van der Waals surface area contributed by atoms with E-state index in [1.807, 2.05) is 41.3 Å². The molecule has 0 atom stereocenters. The molecule has 2 aliphatic rings. The van der Waals surface area contributed by atoms with Crippen LogP contribution in [0.25, 0.3) is 6.08 Å². The normalized spacial score (nSPS) is 18.3. The first-order valence-electron chi connectivity index (χ1n) is 10.1. The third-order valence-corrected chi connectivity index (χ3v) is 6.00. The van der Waals surface area contributed by atoms with Crippen molar-refractivity contribution in [1.82, 2.24) is 5.32 Å². The largest absolute Gasteiger partial charge is 0.352 e. The Balaban J connectivity index is 1.33. The van der Waals surface area contributed by atoms with Gasteiger partial charge in [0.05, 0.1) is 0 Å². The summed E-state index contributed by atoms with van der Waals surface area (Å²) in [6.45, 7) is 1.47. The highest BCUT2D eigenvalue weighted by Gasteiger charge is 2.38. The van der Waals surface area contributed by atoms with E-state index in [1.54, 1.807) is 6.08 Å². The van der Waals surface area contributed by atoms with Crippen molar-refractivity contribution < 1.29 is 9.59 Å². The van der Waals surface area contributed by atoms with Crippen molar-refractivity contribution in [3.05, 3.63) is 71.8 Å². The molecule has 0 aromatic heterocycles. The van der Waals surface area contributed by atoms with Crippen molar-refractivity contribution in [2.24, 2.45) is 0 Å². The van der Waals surface area contributed by atoms with Gasteiger partial charge in [-0.1, -0.05) is 48.9 Å². The molecule has 0 unspecified atom stereocenters. The predicted octanol–water partition coefficient (Wildman–Crippen LogP) is 4.06. The Labute approximate surface area is 166 Å². The summed E-state index contributed by atoms with van der Waals surface area (Å²) in [7, 11) is 0. The van der Waals surface area contributed by atoms with Gasteiger partial charge in [0, 0.05) is 36.7 Å². The molecule has 4 rings (SSSR count). The monoisotopic (exact) mass is 374 g/mol. The molecule has 144 valence electrons. The maximum Gasteiger partial charge on any atom is 0.244 e. The van der Waals surface area contributed by atoms with E-state index in [4.69, 9.17) is 0 Å². The molecular weight excluding hydrogens is 348 g/mol. The zero-order chi connectivity index (χ0) is 19.4. The second-order valence-electron chi connectivity index (χ2n) is 7.79. The fourth-order valence-electron chi connectivity index (χ4n) is 4.14. The van der Waals surface area contributed by atoms with Crippen LogP contribution < -0.4 is 10.2 Å². The molecule has 2 fully saturated rings. The zero-order valence-corrected chi connectivity index (χ0v) is 16.1. The van der Waals surface area contributed by atoms with Crippen LogP contribution in [0.2, 0.25) is 0 Å². The highest BCUT2D eigenvalue weighted by molar-refractivity contribution is 5.95. The molecule has 0 radical (unpaired) electrons. The number of rotatable bonds is 6. The van der Waals surface area contributed by atoms with E-state index in [0.717, 1.165) is 37.1 Å². The van der Waals surface area contributed by atoms with Crippen LogP contribution in [0.1, 0.15) is 43.2 Å². The van der Waals surface area contributed by atoms with Gasteiger partial charge in [-0.15, -0.1) is 0 Å². The molecule has 0 bridgehead atoms. The lowest BCUT2D eigenvalue weighted by Gasteiger charge is -2.42. The Morgan fingerprint density at radius 3 is 2.39 bits per heavy atom. The number of nitrogens with zero attached hydrogens (tertiary/aromatic N) is 1. The van der Waals surface area contributed by atoms with Crippen LogP contribution in [0.3, 0.4) is 0 Å². The Morgan fingerprint density at radius 2 is 1.79 bits per heavy atom. The second kappa shape index (κ2) is 8.01. The maximum absolute atomic E-state index is 12.3. The van der Waals surface area contributed by atoms with Gasteiger partial charge in [-0.2, -0.15) is 0 Å². The summed E-state index contributed by atoms with van der Waals surface area (Å²) in [4.78, 5) is 25.9. The van der Waals surface area contributed by atoms with Gasteiger partial charge in [0.1, 0.15) is 0 Å². The molecule has 0 spiro atoms. The van der Waals surface area contributed by atoms with Gasteiger partial charge < -0.3 is 10.2 Å². The number of hydrogen-bond donors (Lipinski definition) is 1. The van der Waals surface area contributed by atoms with E-state index < -0.39 is 0 Å². The van der Waals surface area contributed by atoms with Crippen molar-refractivity contribution in [2.75, 3.05) is 18.0 Å². The van der Waals surface area contributed by atoms with Gasteiger partial charge in [0.15, 0.2) is 0 Å². The van der Waals surface area contributed by atoms with Crippen LogP contribution in [0.4, 0.5) is 5.69 Å². The SMILES string of the molecule is O=C(/C=C/c1ccc(N2CCCC2=O)cc1)NCC1(c2ccccc2)CCC1. The van der Waals surface area contributed by atoms with E-state index in [9.17, 15) is 9.59 Å². The number of amides is 2. The lowest BCUT2D eigenvalue weighted by atomic mass is 9.64. The molecule has 2 amide bonds. The summed E-state index contributed by atoms with van der Waals surface area (Å²) in [5.41, 5.74) is 3.29. The van der Waals surface area contributed by atoms with Crippen LogP contribution in [-0.2, 0) is 15.0 Å². The number of carbonyl (C=O) groups excluding carboxylic acids is 2. The summed E-state index contributed by atoms with van der Waals surface area (Å²) in [5, 5.41) is 3.08. The van der Waals surface area contributed by atoms with E-state index in [0.29, 0.717) is 13.0 Å². The molecule has 1 saturated carbocycles. The van der Waals surface area contributed by atoms with Crippen LogP contribution in [-0.4, -0.2) is 24.9 Å². The molecule has 1 aliphatic carbocycles. The Kier molecular flexibility index (Phi) is 5.29. The molecular formula is C24H26N2O2. The molecule has 28 heavy (non-hydrogen) atoms. The van der Waals surface area contributed by atoms with Crippen molar-refractivity contribution in [1.29, 1.82) is 0 Å². The average Bonchev–Trinajstić information content (AvgIpc) is 3.13. The minimum Gasteiger partial charge on any atom is -0.352 e. The smallest absolute Gasteiger partial charge is 0.244 e. The van der Waals surface area contributed by atoms with Crippen LogP contribution in [0, 0.1) is 0 Å². The molecule has 1 heterocycles. The van der Waals surface area contributed by atoms with Crippen LogP contribution in [0.15, 0.2) is 60.7 Å². The maximum atomic E-state index is 12.3. The van der Waals surface area contributed by atoms with Crippen LogP contribution >= 0.6 is 0 Å². The predicted molar refractivity (Wildman–Crippen MR) is 112 cm³/mol. The highest BCUT2D eigenvalue weighted by atomic mass is 16.2. The number of hydrogen-bond acceptors (Lipinski definition) is 2. The summed E-state index contributed by atoms with van der Waals surface area (Å²) < 4.78 is 0.